The molecule has 11 nitrogen and oxygen atoms in total. The number of aromatic hydroxyl groups is 1. The zero-order chi connectivity index (χ0) is 25.3. The molecule has 8 rings (SSSR count). The van der Waals surface area contributed by atoms with Crippen LogP contribution in [0.25, 0.3) is 27.8 Å². The Labute approximate surface area is 210 Å². The molecule has 2 bridgehead atoms. The number of nitrogens with two attached hydrogens (primary N) is 1. The fourth-order valence-corrected chi connectivity index (χ4v) is 5.62. The van der Waals surface area contributed by atoms with Gasteiger partial charge in [0.25, 0.3) is 0 Å². The smallest absolute Gasteiger partial charge is 0.173 e. The Bertz CT molecular complexity index is 1650. The second-order valence-electron chi connectivity index (χ2n) is 9.79. The van der Waals surface area contributed by atoms with Gasteiger partial charge in [-0.15, -0.1) is 0 Å². The molecule has 0 spiro atoms. The number of piperidine rings is 2. The first-order chi connectivity index (χ1) is 17.9. The van der Waals surface area contributed by atoms with E-state index in [4.69, 9.17) is 20.9 Å². The molecule has 4 N–H and O–H groups in total. The normalized spacial score (nSPS) is 19.4. The average molecular weight is 501 g/mol. The fourth-order valence-electron chi connectivity index (χ4n) is 5.62. The van der Waals surface area contributed by atoms with Crippen molar-refractivity contribution in [3.05, 3.63) is 54.0 Å². The van der Waals surface area contributed by atoms with Gasteiger partial charge in [0.05, 0.1) is 5.39 Å². The quantitative estimate of drug-likeness (QED) is 0.339. The van der Waals surface area contributed by atoms with Gasteiger partial charge in [0, 0.05) is 43.0 Å². The van der Waals surface area contributed by atoms with Crippen LogP contribution in [0.4, 0.5) is 16.0 Å². The zero-order valence-electron chi connectivity index (χ0n) is 20.1. The predicted molar refractivity (Wildman–Crippen MR) is 136 cm³/mol. The first-order valence-electron chi connectivity index (χ1n) is 12.3. The SMILES string of the molecule is Cc1ccn2nc(Cn3nc(-c4cc(O)cc(F)c4)c4c(N)ncnc43)nc(N3C[C@H]4CC[C@@H]3CN4)c12. The number of hydrogen-bond donors (Lipinski definition) is 3. The average Bonchev–Trinajstić information content (AvgIpc) is 3.45. The standard InChI is InChI=1S/C25H25FN10O/c1-13-4-5-35-22(13)25(34-10-16-2-3-17(34)9-28-16)31-19(32-35)11-36-24-20(23(27)29-12-30-24)21(33-36)14-6-15(26)8-18(37)7-14/h4-8,12,16-17,28,37H,2-3,9-11H2,1H3,(H2,27,29,30)/t16-,17-/m1/s1. The van der Waals surface area contributed by atoms with Crippen molar-refractivity contribution < 1.29 is 9.50 Å². The molecule has 0 saturated carbocycles. The van der Waals surface area contributed by atoms with Crippen molar-refractivity contribution in [1.29, 1.82) is 0 Å². The van der Waals surface area contributed by atoms with E-state index < -0.39 is 5.82 Å². The molecule has 37 heavy (non-hydrogen) atoms. The van der Waals surface area contributed by atoms with Gasteiger partial charge in [0.1, 0.15) is 41.5 Å². The number of halogens is 1. The highest BCUT2D eigenvalue weighted by molar-refractivity contribution is 5.98. The monoisotopic (exact) mass is 500 g/mol. The molecule has 3 fully saturated rings. The Hall–Kier alpha value is -4.32. The number of anilines is 2. The number of nitrogen functional groups attached to an aromatic ring is 1. The van der Waals surface area contributed by atoms with Gasteiger partial charge >= 0.3 is 0 Å². The summed E-state index contributed by atoms with van der Waals surface area (Å²) < 4.78 is 17.6. The Morgan fingerprint density at radius 1 is 1.19 bits per heavy atom. The van der Waals surface area contributed by atoms with Gasteiger partial charge in [-0.2, -0.15) is 10.2 Å². The number of rotatable bonds is 4. The highest BCUT2D eigenvalue weighted by Gasteiger charge is 2.35. The van der Waals surface area contributed by atoms with Crippen molar-refractivity contribution in [3.8, 4) is 17.0 Å². The van der Waals surface area contributed by atoms with Gasteiger partial charge in [0.15, 0.2) is 17.3 Å². The fraction of sp³-hybridized carbons (Fsp3) is 0.320. The molecule has 3 aliphatic rings. The van der Waals surface area contributed by atoms with Crippen molar-refractivity contribution >= 4 is 28.2 Å². The van der Waals surface area contributed by atoms with Crippen molar-refractivity contribution in [3.63, 3.8) is 0 Å². The highest BCUT2D eigenvalue weighted by atomic mass is 19.1. The lowest BCUT2D eigenvalue weighted by molar-refractivity contribution is 0.289. The lowest BCUT2D eigenvalue weighted by atomic mass is 9.93. The van der Waals surface area contributed by atoms with E-state index in [2.05, 4.69) is 27.1 Å². The van der Waals surface area contributed by atoms with Gasteiger partial charge in [-0.1, -0.05) is 0 Å². The Balaban J connectivity index is 1.36. The molecule has 5 aromatic rings. The van der Waals surface area contributed by atoms with Gasteiger partial charge in [0.2, 0.25) is 0 Å². The molecular weight excluding hydrogens is 475 g/mol. The summed E-state index contributed by atoms with van der Waals surface area (Å²) in [4.78, 5) is 16.0. The van der Waals surface area contributed by atoms with Crippen LogP contribution in [-0.2, 0) is 6.54 Å². The summed E-state index contributed by atoms with van der Waals surface area (Å²) in [7, 11) is 0. The molecule has 4 aromatic heterocycles. The van der Waals surface area contributed by atoms with Crippen molar-refractivity contribution in [1.82, 2.24) is 39.7 Å². The van der Waals surface area contributed by atoms with Gasteiger partial charge in [-0.3, -0.25) is 0 Å². The van der Waals surface area contributed by atoms with Crippen LogP contribution < -0.4 is 16.0 Å². The predicted octanol–water partition coefficient (Wildman–Crippen LogP) is 2.26. The topological polar surface area (TPSA) is 135 Å². The summed E-state index contributed by atoms with van der Waals surface area (Å²) in [6, 6.07) is 6.65. The minimum atomic E-state index is -0.583. The number of benzene rings is 1. The highest BCUT2D eigenvalue weighted by Crippen LogP contribution is 2.34. The maximum absolute atomic E-state index is 14.1. The van der Waals surface area contributed by atoms with Crippen LogP contribution in [-0.4, -0.2) is 64.6 Å². The van der Waals surface area contributed by atoms with E-state index in [9.17, 15) is 9.50 Å². The second-order valence-corrected chi connectivity index (χ2v) is 9.79. The molecule has 2 atom stereocenters. The third-order valence-corrected chi connectivity index (χ3v) is 7.36. The first kappa shape index (κ1) is 21.9. The van der Waals surface area contributed by atoms with Crippen LogP contribution in [0.1, 0.15) is 24.2 Å². The van der Waals surface area contributed by atoms with E-state index in [-0.39, 0.29) is 18.1 Å². The molecule has 7 heterocycles. The number of nitrogens with zero attached hydrogens (tertiary/aromatic N) is 8. The molecule has 3 saturated heterocycles. The molecule has 12 heteroatoms. The van der Waals surface area contributed by atoms with Crippen molar-refractivity contribution in [2.75, 3.05) is 23.7 Å². The van der Waals surface area contributed by atoms with Gasteiger partial charge < -0.3 is 21.1 Å². The minimum absolute atomic E-state index is 0.208. The zero-order valence-corrected chi connectivity index (χ0v) is 20.1. The number of phenolic OH excluding ortho intramolecular Hbond substituents is 1. The molecule has 0 unspecified atom stereocenters. The van der Waals surface area contributed by atoms with E-state index in [0.717, 1.165) is 42.5 Å². The lowest BCUT2D eigenvalue weighted by Crippen LogP contribution is -2.61. The van der Waals surface area contributed by atoms with Crippen LogP contribution in [0.3, 0.4) is 0 Å². The number of hydrogen-bond acceptors (Lipinski definition) is 9. The number of aromatic nitrogens is 7. The van der Waals surface area contributed by atoms with Crippen LogP contribution >= 0.6 is 0 Å². The third-order valence-electron chi connectivity index (χ3n) is 7.36. The van der Waals surface area contributed by atoms with Crippen LogP contribution in [0.2, 0.25) is 0 Å². The summed E-state index contributed by atoms with van der Waals surface area (Å²) in [5.41, 5.74) is 9.55. The molecule has 0 radical (unpaired) electrons. The summed E-state index contributed by atoms with van der Waals surface area (Å²) in [6.45, 7) is 4.14. The summed E-state index contributed by atoms with van der Waals surface area (Å²) in [5.74, 6) is 0.900. The number of aryl methyl sites for hydroxylation is 1. The molecule has 0 aliphatic carbocycles. The Kier molecular flexibility index (Phi) is 4.80. The summed E-state index contributed by atoms with van der Waals surface area (Å²) >= 11 is 0. The number of phenols is 1. The maximum atomic E-state index is 14.1. The van der Waals surface area contributed by atoms with Crippen LogP contribution in [0, 0.1) is 12.7 Å². The summed E-state index contributed by atoms with van der Waals surface area (Å²) in [5, 5.41) is 23.5. The number of nitrogens with one attached hydrogen (secondary N) is 1. The van der Waals surface area contributed by atoms with Crippen LogP contribution in [0.15, 0.2) is 36.8 Å². The molecular formula is C25H25FN10O. The third kappa shape index (κ3) is 3.55. The van der Waals surface area contributed by atoms with E-state index in [0.29, 0.717) is 40.2 Å². The number of piperazine rings is 1. The molecule has 0 amide bonds. The molecule has 188 valence electrons. The van der Waals surface area contributed by atoms with E-state index in [1.54, 1.807) is 4.68 Å². The van der Waals surface area contributed by atoms with E-state index in [1.165, 1.54) is 24.9 Å². The summed E-state index contributed by atoms with van der Waals surface area (Å²) in [6.07, 6.45) is 5.62. The van der Waals surface area contributed by atoms with Gasteiger partial charge in [-0.05, 0) is 43.5 Å². The lowest BCUT2D eigenvalue weighted by Gasteiger charge is -2.46. The Morgan fingerprint density at radius 2 is 2.08 bits per heavy atom. The maximum Gasteiger partial charge on any atom is 0.173 e. The van der Waals surface area contributed by atoms with E-state index >= 15 is 0 Å². The Morgan fingerprint density at radius 3 is 2.84 bits per heavy atom. The van der Waals surface area contributed by atoms with Gasteiger partial charge in [-0.25, -0.2) is 28.5 Å². The largest absolute Gasteiger partial charge is 0.508 e. The molecule has 3 aliphatic heterocycles. The van der Waals surface area contributed by atoms with Crippen molar-refractivity contribution in [2.45, 2.75) is 38.4 Å². The van der Waals surface area contributed by atoms with Crippen LogP contribution in [0.5, 0.6) is 5.75 Å². The van der Waals surface area contributed by atoms with E-state index in [1.807, 2.05) is 16.8 Å². The molecule has 1 aromatic carbocycles. The number of fused-ring (bicyclic) bond motifs is 5. The second kappa shape index (κ2) is 8.10. The van der Waals surface area contributed by atoms with Crippen molar-refractivity contribution in [2.24, 2.45) is 0 Å². The first-order valence-corrected chi connectivity index (χ1v) is 12.3. The minimum Gasteiger partial charge on any atom is -0.508 e.